The van der Waals surface area contributed by atoms with E-state index < -0.39 is 0 Å². The van der Waals surface area contributed by atoms with Crippen molar-refractivity contribution in [3.05, 3.63) is 29.1 Å². The minimum absolute atomic E-state index is 0.0160. The van der Waals surface area contributed by atoms with E-state index in [-0.39, 0.29) is 35.3 Å². The molecule has 0 aliphatic rings. The number of nitrogens with zero attached hydrogens (tertiary/aromatic N) is 4. The van der Waals surface area contributed by atoms with Crippen LogP contribution in [0.25, 0.3) is 11.0 Å². The molecule has 2 heterocycles. The molecule has 0 saturated heterocycles. The van der Waals surface area contributed by atoms with Crippen molar-refractivity contribution in [3.63, 3.8) is 0 Å². The molecule has 2 rings (SSSR count). The van der Waals surface area contributed by atoms with Crippen LogP contribution in [-0.2, 0) is 20.8 Å². The molecule has 10 heteroatoms. The van der Waals surface area contributed by atoms with Gasteiger partial charge in [-0.15, -0.1) is 0 Å². The Balaban J connectivity index is 0. The van der Waals surface area contributed by atoms with Crippen molar-refractivity contribution < 1.29 is 14.3 Å². The maximum Gasteiger partial charge on any atom is 0.323 e. The Hall–Kier alpha value is -2.93. The molecule has 3 N–H and O–H groups in total. The van der Waals surface area contributed by atoms with Crippen LogP contribution >= 0.6 is 11.6 Å². The molecule has 43 heavy (non-hydrogen) atoms. The fourth-order valence-electron chi connectivity index (χ4n) is 3.52. The van der Waals surface area contributed by atoms with Gasteiger partial charge in [-0.1, -0.05) is 83.6 Å². The molecule has 0 aliphatic heterocycles. The van der Waals surface area contributed by atoms with Crippen LogP contribution < -0.4 is 11.1 Å². The molecule has 0 saturated carbocycles. The van der Waals surface area contributed by atoms with E-state index in [1.807, 2.05) is 77.6 Å². The summed E-state index contributed by atoms with van der Waals surface area (Å²) in [7, 11) is 3.45. The van der Waals surface area contributed by atoms with E-state index in [4.69, 9.17) is 26.8 Å². The summed E-state index contributed by atoms with van der Waals surface area (Å²) in [6.45, 7) is 19.1. The molecular weight excluding hydrogens is 564 g/mol. The highest BCUT2D eigenvalue weighted by Gasteiger charge is 2.16. The minimum Gasteiger partial charge on any atom is -0.462 e. The van der Waals surface area contributed by atoms with Gasteiger partial charge in [0.05, 0.1) is 23.2 Å². The minimum atomic E-state index is -0.347. The fraction of sp³-hybridized carbons (Fsp3) is 0.636. The van der Waals surface area contributed by atoms with Crippen LogP contribution in [0.15, 0.2) is 23.3 Å². The number of aliphatic imine (C=N–C) groups is 1. The monoisotopic (exact) mass is 620 g/mol. The van der Waals surface area contributed by atoms with Gasteiger partial charge in [0.2, 0.25) is 5.95 Å². The number of anilines is 1. The molecule has 3 atom stereocenters. The van der Waals surface area contributed by atoms with Gasteiger partial charge in [0.1, 0.15) is 16.8 Å². The van der Waals surface area contributed by atoms with Crippen LogP contribution in [0.5, 0.6) is 0 Å². The topological polar surface area (TPSA) is 117 Å². The smallest absolute Gasteiger partial charge is 0.323 e. The predicted octanol–water partition coefficient (Wildman–Crippen LogP) is 7.25. The third kappa shape index (κ3) is 17.7. The Kier molecular flexibility index (Phi) is 26.2. The summed E-state index contributed by atoms with van der Waals surface area (Å²) in [4.78, 5) is 24.3. The maximum absolute atomic E-state index is 12.1. The van der Waals surface area contributed by atoms with Gasteiger partial charge in [-0.25, -0.2) is 4.98 Å². The molecule has 0 aliphatic carbocycles. The first-order chi connectivity index (χ1) is 20.7. The van der Waals surface area contributed by atoms with E-state index in [1.165, 1.54) is 0 Å². The summed E-state index contributed by atoms with van der Waals surface area (Å²) < 4.78 is 12.6. The van der Waals surface area contributed by atoms with Crippen molar-refractivity contribution in [2.45, 2.75) is 119 Å². The van der Waals surface area contributed by atoms with Gasteiger partial charge >= 0.3 is 5.97 Å². The van der Waals surface area contributed by atoms with Gasteiger partial charge in [-0.3, -0.25) is 4.79 Å². The lowest BCUT2D eigenvalue weighted by Gasteiger charge is -2.17. The number of nitrogen functional groups attached to an aromatic ring is 1. The Morgan fingerprint density at radius 3 is 2.44 bits per heavy atom. The van der Waals surface area contributed by atoms with Crippen LogP contribution in [0.2, 0.25) is 5.15 Å². The van der Waals surface area contributed by atoms with Gasteiger partial charge in [-0.2, -0.15) is 4.98 Å². The van der Waals surface area contributed by atoms with E-state index in [9.17, 15) is 4.79 Å². The Morgan fingerprint density at radius 1 is 1.21 bits per heavy atom. The maximum atomic E-state index is 12.1. The van der Waals surface area contributed by atoms with Gasteiger partial charge < -0.3 is 30.1 Å². The highest BCUT2D eigenvalue weighted by atomic mass is 35.5. The van der Waals surface area contributed by atoms with Gasteiger partial charge in [0, 0.05) is 33.3 Å². The lowest BCUT2D eigenvalue weighted by Crippen LogP contribution is -2.37. The molecule has 0 spiro atoms. The summed E-state index contributed by atoms with van der Waals surface area (Å²) in [5.41, 5.74) is 7.20. The standard InChI is InChI=1S/C25H36ClN5O3.C4H9N.2C2H6/c1-6-11-18(3)34-24(32)19(4)28-14-9-7-8-13-20-16-31(15-10-12-17(2)33-5)23-21(20)22(26)29-25(27)30-23;1-3-4-5-2;2*1-2/h10,12,16-19,28H,6-7,9,11,14-15H2,1-5H3,(H2,27,29,30);4H,3H2,1-2H3;2*1-2H3/b12-10+;;;/t17?,18?,19-;;;/m0.../s1. The number of hydrogen-bond acceptors (Lipinski definition) is 8. The average molecular weight is 621 g/mol. The van der Waals surface area contributed by atoms with Crippen molar-refractivity contribution in [1.82, 2.24) is 19.9 Å². The Morgan fingerprint density at radius 2 is 1.88 bits per heavy atom. The van der Waals surface area contributed by atoms with E-state index in [0.29, 0.717) is 30.5 Å². The number of hydrogen-bond donors (Lipinski definition) is 2. The number of methoxy groups -OCH3 is 1. The Labute approximate surface area is 266 Å². The average Bonchev–Trinajstić information content (AvgIpc) is 3.34. The SMILES string of the molecule is CC.CC.CCC=NC.CCCC(C)OC(=O)[C@H](C)NCCCC#Cc1cn(C/C=C/C(C)OC)c2nc(N)nc(Cl)c12. The second kappa shape index (κ2) is 26.7. The molecule has 0 radical (unpaired) electrons. The number of nitrogens with one attached hydrogen (secondary N) is 1. The highest BCUT2D eigenvalue weighted by Crippen LogP contribution is 2.26. The first kappa shape index (κ1) is 42.2. The van der Waals surface area contributed by atoms with Crippen LogP contribution in [0.4, 0.5) is 5.95 Å². The first-order valence-electron chi connectivity index (χ1n) is 15.5. The number of carbonyl (C=O) groups excluding carboxylic acids is 1. The largest absolute Gasteiger partial charge is 0.462 e. The molecule has 0 aromatic carbocycles. The summed E-state index contributed by atoms with van der Waals surface area (Å²) in [6, 6.07) is -0.347. The number of rotatable bonds is 13. The number of esters is 1. The zero-order valence-corrected chi connectivity index (χ0v) is 29.2. The summed E-state index contributed by atoms with van der Waals surface area (Å²) in [6.07, 6.45) is 12.1. The van der Waals surface area contributed by atoms with Crippen molar-refractivity contribution in [2.24, 2.45) is 4.99 Å². The zero-order chi connectivity index (χ0) is 33.2. The molecule has 0 fully saturated rings. The quantitative estimate of drug-likeness (QED) is 0.0605. The van der Waals surface area contributed by atoms with Crippen molar-refractivity contribution in [3.8, 4) is 11.8 Å². The van der Waals surface area contributed by atoms with E-state index in [2.05, 4.69) is 46.0 Å². The molecule has 2 aromatic rings. The Bertz CT molecular complexity index is 1140. The predicted molar refractivity (Wildman–Crippen MR) is 184 cm³/mol. The third-order valence-electron chi connectivity index (χ3n) is 5.65. The zero-order valence-electron chi connectivity index (χ0n) is 28.5. The second-order valence-corrected chi connectivity index (χ2v) is 9.46. The molecule has 2 aromatic heterocycles. The van der Waals surface area contributed by atoms with E-state index >= 15 is 0 Å². The fourth-order valence-corrected chi connectivity index (χ4v) is 3.80. The van der Waals surface area contributed by atoms with Crippen molar-refractivity contribution in [2.75, 3.05) is 26.4 Å². The number of ether oxygens (including phenoxy) is 2. The highest BCUT2D eigenvalue weighted by molar-refractivity contribution is 6.34. The number of carbonyl (C=O) groups is 1. The van der Waals surface area contributed by atoms with Gasteiger partial charge in [-0.05, 0) is 52.8 Å². The number of unbranched alkanes of at least 4 members (excludes halogenated alkanes) is 1. The van der Waals surface area contributed by atoms with Crippen LogP contribution in [0.1, 0.15) is 100.0 Å². The van der Waals surface area contributed by atoms with Crippen LogP contribution in [0.3, 0.4) is 0 Å². The van der Waals surface area contributed by atoms with Crippen LogP contribution in [-0.4, -0.2) is 65.7 Å². The summed E-state index contributed by atoms with van der Waals surface area (Å²) in [5, 5.41) is 4.17. The number of nitrogens with two attached hydrogens (primary N) is 1. The number of aromatic nitrogens is 3. The van der Waals surface area contributed by atoms with E-state index in [1.54, 1.807) is 14.2 Å². The molecule has 0 bridgehead atoms. The molecule has 2 unspecified atom stereocenters. The summed E-state index contributed by atoms with van der Waals surface area (Å²) >= 11 is 6.37. The van der Waals surface area contributed by atoms with Gasteiger partial charge in [0.15, 0.2) is 0 Å². The number of fused-ring (bicyclic) bond motifs is 1. The first-order valence-corrected chi connectivity index (χ1v) is 15.9. The normalized spacial score (nSPS) is 12.6. The van der Waals surface area contributed by atoms with E-state index in [0.717, 1.165) is 31.2 Å². The third-order valence-corrected chi connectivity index (χ3v) is 5.93. The number of halogens is 1. The lowest BCUT2D eigenvalue weighted by atomic mass is 10.2. The number of allylic oxidation sites excluding steroid dienone is 1. The van der Waals surface area contributed by atoms with Crippen molar-refractivity contribution >= 4 is 40.8 Å². The van der Waals surface area contributed by atoms with Crippen LogP contribution in [0, 0.1) is 11.8 Å². The molecular formula is C33H57ClN6O3. The molecule has 244 valence electrons. The molecule has 9 nitrogen and oxygen atoms in total. The lowest BCUT2D eigenvalue weighted by molar-refractivity contribution is -0.150. The molecule has 0 amide bonds. The summed E-state index contributed by atoms with van der Waals surface area (Å²) in [5.74, 6) is 6.27. The van der Waals surface area contributed by atoms with Gasteiger partial charge in [0.25, 0.3) is 0 Å². The van der Waals surface area contributed by atoms with Crippen molar-refractivity contribution in [1.29, 1.82) is 0 Å². The second-order valence-electron chi connectivity index (χ2n) is 9.10.